The van der Waals surface area contributed by atoms with E-state index < -0.39 is 0 Å². The van der Waals surface area contributed by atoms with Gasteiger partial charge in [0.15, 0.2) is 0 Å². The number of carbonyl (C=O) groups is 1. The number of nitrogens with zero attached hydrogens (tertiary/aromatic N) is 5. The van der Waals surface area contributed by atoms with E-state index in [9.17, 15) is 4.79 Å². The molecule has 7 heteroatoms. The van der Waals surface area contributed by atoms with Crippen LogP contribution in [0.3, 0.4) is 0 Å². The van der Waals surface area contributed by atoms with Crippen LogP contribution in [0.15, 0.2) is 54.7 Å². The Morgan fingerprint density at radius 2 is 1.81 bits per heavy atom. The monoisotopic (exact) mass is 495 g/mol. The van der Waals surface area contributed by atoms with Crippen molar-refractivity contribution in [2.24, 2.45) is 0 Å². The van der Waals surface area contributed by atoms with Crippen molar-refractivity contribution >= 4 is 17.4 Å². The summed E-state index contributed by atoms with van der Waals surface area (Å²) in [5, 5.41) is 0. The normalized spacial score (nSPS) is 19.5. The first-order valence-corrected chi connectivity index (χ1v) is 13.4. The topological polar surface area (TPSA) is 53.7 Å². The molecular weight excluding hydrogens is 465 g/mol. The van der Waals surface area contributed by atoms with Crippen LogP contribution in [0.2, 0.25) is 0 Å². The van der Waals surface area contributed by atoms with Crippen LogP contribution in [0.5, 0.6) is 0 Å². The number of fused-ring (bicyclic) bond motifs is 2. The van der Waals surface area contributed by atoms with Gasteiger partial charge in [-0.1, -0.05) is 24.3 Å². The Bertz CT molecular complexity index is 1520. The lowest BCUT2D eigenvalue weighted by atomic mass is 9.93. The van der Waals surface area contributed by atoms with Crippen molar-refractivity contribution in [3.63, 3.8) is 0 Å². The molecule has 4 heterocycles. The van der Waals surface area contributed by atoms with Crippen LogP contribution < -0.4 is 4.90 Å². The highest BCUT2D eigenvalue weighted by Gasteiger charge is 2.32. The highest BCUT2D eigenvalue weighted by atomic mass is 19.1. The Kier molecular flexibility index (Phi) is 5.27. The fraction of sp³-hybridized carbons (Fsp3) is 0.367. The molecule has 1 amide bonds. The van der Waals surface area contributed by atoms with Crippen molar-refractivity contribution in [3.05, 3.63) is 83.1 Å². The van der Waals surface area contributed by atoms with Crippen LogP contribution >= 0.6 is 0 Å². The molecule has 2 aromatic heterocycles. The molecule has 0 bridgehead atoms. The Morgan fingerprint density at radius 1 is 1.00 bits per heavy atom. The van der Waals surface area contributed by atoms with Gasteiger partial charge in [-0.15, -0.1) is 0 Å². The van der Waals surface area contributed by atoms with Crippen molar-refractivity contribution in [2.75, 3.05) is 24.5 Å². The zero-order valence-electron chi connectivity index (χ0n) is 21.0. The highest BCUT2D eigenvalue weighted by molar-refractivity contribution is 5.93. The predicted molar refractivity (Wildman–Crippen MR) is 141 cm³/mol. The van der Waals surface area contributed by atoms with E-state index in [1.165, 1.54) is 11.1 Å². The minimum absolute atomic E-state index is 0.0154. The van der Waals surface area contributed by atoms with Gasteiger partial charge in [0, 0.05) is 42.8 Å². The lowest BCUT2D eigenvalue weighted by molar-refractivity contribution is 0.0671. The van der Waals surface area contributed by atoms with Crippen LogP contribution in [-0.2, 0) is 6.42 Å². The van der Waals surface area contributed by atoms with E-state index >= 15 is 4.39 Å². The first kappa shape index (κ1) is 22.5. The highest BCUT2D eigenvalue weighted by Crippen LogP contribution is 2.41. The van der Waals surface area contributed by atoms with E-state index in [-0.39, 0.29) is 17.8 Å². The zero-order valence-corrected chi connectivity index (χ0v) is 21.0. The average molecular weight is 496 g/mol. The summed E-state index contributed by atoms with van der Waals surface area (Å²) in [7, 11) is 0. The van der Waals surface area contributed by atoms with Crippen LogP contribution in [0, 0.1) is 5.82 Å². The number of carbonyl (C=O) groups excluding carboxylic acids is 1. The van der Waals surface area contributed by atoms with E-state index in [2.05, 4.69) is 30.0 Å². The molecular formula is C30H30FN5O. The van der Waals surface area contributed by atoms with Crippen LogP contribution in [0.4, 0.5) is 10.1 Å². The minimum atomic E-state index is -0.280. The number of amides is 1. The van der Waals surface area contributed by atoms with Gasteiger partial charge >= 0.3 is 0 Å². The third-order valence-corrected chi connectivity index (χ3v) is 8.24. The summed E-state index contributed by atoms with van der Waals surface area (Å²) in [5.41, 5.74) is 5.88. The van der Waals surface area contributed by atoms with Gasteiger partial charge in [0.2, 0.25) is 5.78 Å². The quantitative estimate of drug-likeness (QED) is 0.361. The largest absolute Gasteiger partial charge is 0.371 e. The molecule has 2 aliphatic heterocycles. The summed E-state index contributed by atoms with van der Waals surface area (Å²) in [4.78, 5) is 27.3. The molecule has 7 rings (SSSR count). The molecule has 37 heavy (non-hydrogen) atoms. The number of hydrogen-bond donors (Lipinski definition) is 0. The van der Waals surface area contributed by atoms with Crippen molar-refractivity contribution in [1.82, 2.24) is 19.3 Å². The molecule has 1 aliphatic carbocycles. The fourth-order valence-corrected chi connectivity index (χ4v) is 6.00. The standard InChI is InChI=1S/C30H30FN5O/c1-19-23-7-3-2-6-20(23)12-15-35(19)29(37)26-17-28(21-8-9-21)36-18-27(33-30(36)32-26)24-11-10-22(16-25(24)31)34-13-4-5-14-34/h2-3,6-7,10-11,16-19,21H,4-5,8-9,12-15H2,1H3/t19-/m1/s1. The second kappa shape index (κ2) is 8.68. The van der Waals surface area contributed by atoms with Gasteiger partial charge in [-0.25, -0.2) is 14.4 Å². The molecule has 0 radical (unpaired) electrons. The molecule has 188 valence electrons. The lowest BCUT2D eigenvalue weighted by Crippen LogP contribution is -2.39. The lowest BCUT2D eigenvalue weighted by Gasteiger charge is -2.35. The third-order valence-electron chi connectivity index (χ3n) is 8.24. The Balaban J connectivity index is 1.25. The van der Waals surface area contributed by atoms with Crippen LogP contribution in [-0.4, -0.2) is 44.8 Å². The van der Waals surface area contributed by atoms with E-state index in [1.807, 2.05) is 39.8 Å². The van der Waals surface area contributed by atoms with E-state index in [4.69, 9.17) is 9.97 Å². The van der Waals surface area contributed by atoms with Crippen molar-refractivity contribution < 1.29 is 9.18 Å². The van der Waals surface area contributed by atoms with Gasteiger partial charge in [-0.3, -0.25) is 9.20 Å². The van der Waals surface area contributed by atoms with Crippen LogP contribution in [0.25, 0.3) is 17.0 Å². The number of imidazole rings is 1. The minimum Gasteiger partial charge on any atom is -0.371 e. The average Bonchev–Trinajstić information content (AvgIpc) is 3.43. The van der Waals surface area contributed by atoms with Crippen molar-refractivity contribution in [2.45, 2.75) is 51.0 Å². The molecule has 1 atom stereocenters. The molecule has 0 spiro atoms. The smallest absolute Gasteiger partial charge is 0.273 e. The molecule has 4 aromatic rings. The number of hydrogen-bond acceptors (Lipinski definition) is 4. The second-order valence-electron chi connectivity index (χ2n) is 10.6. The molecule has 1 saturated heterocycles. The predicted octanol–water partition coefficient (Wildman–Crippen LogP) is 5.77. The van der Waals surface area contributed by atoms with Gasteiger partial charge < -0.3 is 9.80 Å². The van der Waals surface area contributed by atoms with E-state index in [0.717, 1.165) is 56.6 Å². The van der Waals surface area contributed by atoms with Crippen molar-refractivity contribution in [3.8, 4) is 11.3 Å². The SMILES string of the molecule is C[C@@H]1c2ccccc2CCN1C(=O)c1cc(C2CC2)n2cc(-c3ccc(N4CCCC4)cc3F)nc2n1. The molecule has 0 unspecified atom stereocenters. The van der Waals surface area contributed by atoms with E-state index in [0.29, 0.717) is 35.2 Å². The summed E-state index contributed by atoms with van der Waals surface area (Å²) in [6, 6.07) is 15.7. The molecule has 3 aliphatic rings. The summed E-state index contributed by atoms with van der Waals surface area (Å²) in [6.45, 7) is 4.69. The fourth-order valence-electron chi connectivity index (χ4n) is 6.00. The van der Waals surface area contributed by atoms with Gasteiger partial charge in [0.1, 0.15) is 11.5 Å². The second-order valence-corrected chi connectivity index (χ2v) is 10.6. The summed E-state index contributed by atoms with van der Waals surface area (Å²) in [6.07, 6.45) is 7.16. The molecule has 6 nitrogen and oxygen atoms in total. The summed E-state index contributed by atoms with van der Waals surface area (Å²) in [5.74, 6) is 0.479. The van der Waals surface area contributed by atoms with Gasteiger partial charge in [0.05, 0.1) is 11.7 Å². The number of aromatic nitrogens is 3. The van der Waals surface area contributed by atoms with Gasteiger partial charge in [0.25, 0.3) is 5.91 Å². The Morgan fingerprint density at radius 3 is 2.59 bits per heavy atom. The van der Waals surface area contributed by atoms with Crippen LogP contribution in [0.1, 0.15) is 71.9 Å². The first-order chi connectivity index (χ1) is 18.1. The zero-order chi connectivity index (χ0) is 25.1. The maximum atomic E-state index is 15.2. The molecule has 1 saturated carbocycles. The summed E-state index contributed by atoms with van der Waals surface area (Å²) >= 11 is 0. The Hall–Kier alpha value is -3.74. The number of rotatable bonds is 4. The first-order valence-electron chi connectivity index (χ1n) is 13.4. The Labute approximate surface area is 215 Å². The summed E-state index contributed by atoms with van der Waals surface area (Å²) < 4.78 is 17.2. The number of benzene rings is 2. The maximum Gasteiger partial charge on any atom is 0.273 e. The van der Waals surface area contributed by atoms with E-state index in [1.54, 1.807) is 6.07 Å². The van der Waals surface area contributed by atoms with Gasteiger partial charge in [-0.05, 0) is 80.3 Å². The van der Waals surface area contributed by atoms with Crippen molar-refractivity contribution in [1.29, 1.82) is 0 Å². The number of anilines is 1. The maximum absolute atomic E-state index is 15.2. The molecule has 2 aromatic carbocycles. The third kappa shape index (κ3) is 3.88. The molecule has 0 N–H and O–H groups in total. The molecule has 2 fully saturated rings. The number of halogens is 1. The van der Waals surface area contributed by atoms with Gasteiger partial charge in [-0.2, -0.15) is 0 Å².